The van der Waals surface area contributed by atoms with Crippen molar-refractivity contribution >= 4 is 11.9 Å². The van der Waals surface area contributed by atoms with Gasteiger partial charge >= 0.3 is 11.9 Å². The summed E-state index contributed by atoms with van der Waals surface area (Å²) in [5, 5.41) is 8.45. The molecule has 12 heteroatoms. The first kappa shape index (κ1) is 31.6. The predicted molar refractivity (Wildman–Crippen MR) is 115 cm³/mol. The number of carbonyl (C=O) groups is 2. The van der Waals surface area contributed by atoms with E-state index in [1.165, 1.54) is 7.11 Å². The van der Waals surface area contributed by atoms with Gasteiger partial charge in [0, 0.05) is 0 Å². The lowest BCUT2D eigenvalue weighted by molar-refractivity contribution is -0.142. The fourth-order valence-corrected chi connectivity index (χ4v) is 2.06. The molecule has 0 saturated carbocycles. The number of carboxylic acids is 1. The van der Waals surface area contributed by atoms with Crippen molar-refractivity contribution in [2.45, 2.75) is 12.8 Å². The average molecular weight is 485 g/mol. The quantitative estimate of drug-likeness (QED) is 0.126. The van der Waals surface area contributed by atoms with Crippen molar-refractivity contribution in [1.82, 2.24) is 0 Å². The van der Waals surface area contributed by atoms with Crippen LogP contribution in [0.5, 0.6) is 0 Å². The SMILES string of the molecule is COC(=O)CCOCCOCCOCCOCCOCCOCCOCCOCCC(=O)O. The van der Waals surface area contributed by atoms with Crippen LogP contribution in [0.1, 0.15) is 12.8 Å². The highest BCUT2D eigenvalue weighted by Gasteiger charge is 1.99. The van der Waals surface area contributed by atoms with E-state index in [4.69, 9.17) is 43.0 Å². The van der Waals surface area contributed by atoms with E-state index < -0.39 is 5.97 Å². The Bertz CT molecular complexity index is 435. The van der Waals surface area contributed by atoms with Crippen LogP contribution in [0.2, 0.25) is 0 Å². The number of carboxylic acid groups (broad SMARTS) is 1. The fourth-order valence-electron chi connectivity index (χ4n) is 2.06. The second kappa shape index (κ2) is 26.9. The van der Waals surface area contributed by atoms with E-state index in [2.05, 4.69) is 4.74 Å². The molecule has 0 aliphatic rings. The molecule has 196 valence electrons. The smallest absolute Gasteiger partial charge is 0.307 e. The van der Waals surface area contributed by atoms with Crippen LogP contribution in [-0.2, 0) is 52.2 Å². The average Bonchev–Trinajstić information content (AvgIpc) is 2.80. The van der Waals surface area contributed by atoms with Gasteiger partial charge in [0.1, 0.15) is 0 Å². The molecule has 0 aromatic carbocycles. The van der Waals surface area contributed by atoms with Gasteiger partial charge in [0.15, 0.2) is 0 Å². The van der Waals surface area contributed by atoms with E-state index in [-0.39, 0.29) is 25.4 Å². The highest BCUT2D eigenvalue weighted by molar-refractivity contribution is 5.69. The van der Waals surface area contributed by atoms with Crippen molar-refractivity contribution in [3.05, 3.63) is 0 Å². The van der Waals surface area contributed by atoms with Gasteiger partial charge in [-0.2, -0.15) is 0 Å². The van der Waals surface area contributed by atoms with Crippen LogP contribution in [0.4, 0.5) is 0 Å². The van der Waals surface area contributed by atoms with E-state index in [0.29, 0.717) is 99.1 Å². The largest absolute Gasteiger partial charge is 0.481 e. The van der Waals surface area contributed by atoms with Gasteiger partial charge in [0.25, 0.3) is 0 Å². The molecule has 0 aromatic rings. The Morgan fingerprint density at radius 2 is 0.697 bits per heavy atom. The number of methoxy groups -OCH3 is 1. The van der Waals surface area contributed by atoms with Crippen LogP contribution in [-0.4, -0.2) is 130 Å². The molecule has 0 bridgehead atoms. The van der Waals surface area contributed by atoms with E-state index in [0.717, 1.165) is 0 Å². The van der Waals surface area contributed by atoms with Gasteiger partial charge in [0.05, 0.1) is 126 Å². The third kappa shape index (κ3) is 28.6. The molecule has 0 aromatic heterocycles. The van der Waals surface area contributed by atoms with Crippen molar-refractivity contribution < 1.29 is 57.3 Å². The maximum atomic E-state index is 10.9. The normalized spacial score (nSPS) is 11.1. The summed E-state index contributed by atoms with van der Waals surface area (Å²) in [5.41, 5.74) is 0. The Labute approximate surface area is 195 Å². The van der Waals surface area contributed by atoms with Crippen molar-refractivity contribution in [2.75, 3.05) is 113 Å². The molecule has 0 aliphatic heterocycles. The zero-order chi connectivity index (χ0) is 24.2. The van der Waals surface area contributed by atoms with Gasteiger partial charge in [0.2, 0.25) is 0 Å². The van der Waals surface area contributed by atoms with Gasteiger partial charge in [-0.05, 0) is 0 Å². The Balaban J connectivity index is 3.04. The molecule has 0 atom stereocenters. The van der Waals surface area contributed by atoms with Crippen LogP contribution in [0.15, 0.2) is 0 Å². The zero-order valence-electron chi connectivity index (χ0n) is 19.7. The molecular weight excluding hydrogens is 444 g/mol. The summed E-state index contributed by atoms with van der Waals surface area (Å²) in [6.07, 6.45) is 0.239. The minimum absolute atomic E-state index is 0.00259. The highest BCUT2D eigenvalue weighted by Crippen LogP contribution is 1.88. The Kier molecular flexibility index (Phi) is 25.7. The molecular formula is C21H40O12. The number of aliphatic carboxylic acids is 1. The van der Waals surface area contributed by atoms with Crippen molar-refractivity contribution in [3.8, 4) is 0 Å². The first-order valence-corrected chi connectivity index (χ1v) is 11.1. The molecule has 0 amide bonds. The molecule has 0 aliphatic carbocycles. The summed E-state index contributed by atoms with van der Waals surface area (Å²) < 4.78 is 47.0. The maximum absolute atomic E-state index is 10.9. The van der Waals surface area contributed by atoms with E-state index in [9.17, 15) is 9.59 Å². The third-order valence-electron chi connectivity index (χ3n) is 3.74. The summed E-state index contributed by atoms with van der Waals surface area (Å²) in [7, 11) is 1.35. The predicted octanol–water partition coefficient (Wildman–Crippen LogP) is 0.157. The van der Waals surface area contributed by atoms with E-state index >= 15 is 0 Å². The molecule has 0 radical (unpaired) electrons. The first-order chi connectivity index (χ1) is 16.2. The molecule has 0 fully saturated rings. The molecule has 33 heavy (non-hydrogen) atoms. The summed E-state index contributed by atoms with van der Waals surface area (Å²) in [5.74, 6) is -1.17. The van der Waals surface area contributed by atoms with Crippen LogP contribution in [0.25, 0.3) is 0 Å². The maximum Gasteiger partial charge on any atom is 0.307 e. The van der Waals surface area contributed by atoms with Crippen LogP contribution in [0.3, 0.4) is 0 Å². The number of rotatable bonds is 27. The molecule has 0 saturated heterocycles. The number of carbonyl (C=O) groups excluding carboxylic acids is 1. The van der Waals surface area contributed by atoms with Gasteiger partial charge in [-0.25, -0.2) is 0 Å². The zero-order valence-corrected chi connectivity index (χ0v) is 19.7. The minimum atomic E-state index is -0.876. The lowest BCUT2D eigenvalue weighted by Crippen LogP contribution is -2.15. The molecule has 1 N–H and O–H groups in total. The number of hydrogen-bond donors (Lipinski definition) is 1. The molecule has 0 spiro atoms. The Morgan fingerprint density at radius 3 is 0.939 bits per heavy atom. The van der Waals surface area contributed by atoms with Crippen molar-refractivity contribution in [2.24, 2.45) is 0 Å². The van der Waals surface area contributed by atoms with Crippen molar-refractivity contribution in [3.63, 3.8) is 0 Å². The summed E-state index contributed by atoms with van der Waals surface area (Å²) in [6.45, 7) is 6.86. The van der Waals surface area contributed by atoms with Crippen LogP contribution >= 0.6 is 0 Å². The topological polar surface area (TPSA) is 137 Å². The van der Waals surface area contributed by atoms with Crippen LogP contribution in [0, 0.1) is 0 Å². The second-order valence-corrected chi connectivity index (χ2v) is 6.37. The first-order valence-electron chi connectivity index (χ1n) is 11.1. The number of hydrogen-bond acceptors (Lipinski definition) is 11. The molecule has 0 rings (SSSR count). The van der Waals surface area contributed by atoms with Crippen LogP contribution < -0.4 is 0 Å². The van der Waals surface area contributed by atoms with Crippen molar-refractivity contribution in [1.29, 1.82) is 0 Å². The summed E-state index contributed by atoms with van der Waals surface area (Å²) in [4.78, 5) is 21.1. The summed E-state index contributed by atoms with van der Waals surface area (Å²) in [6, 6.07) is 0. The second-order valence-electron chi connectivity index (χ2n) is 6.37. The minimum Gasteiger partial charge on any atom is -0.481 e. The fraction of sp³-hybridized carbons (Fsp3) is 0.905. The third-order valence-corrected chi connectivity index (χ3v) is 3.74. The standard InChI is InChI=1S/C21H40O12/c1-25-21(24)3-5-27-7-9-29-11-13-31-15-17-33-19-18-32-16-14-30-12-10-28-8-6-26-4-2-20(22)23/h2-19H2,1H3,(H,22,23). The molecule has 0 heterocycles. The van der Waals surface area contributed by atoms with E-state index in [1.807, 2.05) is 0 Å². The lowest BCUT2D eigenvalue weighted by Gasteiger charge is -2.08. The van der Waals surface area contributed by atoms with E-state index in [1.54, 1.807) is 0 Å². The summed E-state index contributed by atoms with van der Waals surface area (Å²) >= 11 is 0. The van der Waals surface area contributed by atoms with Gasteiger partial charge in [-0.15, -0.1) is 0 Å². The highest BCUT2D eigenvalue weighted by atomic mass is 16.6. The molecule has 0 unspecified atom stereocenters. The Hall–Kier alpha value is -1.38. The monoisotopic (exact) mass is 484 g/mol. The molecule has 12 nitrogen and oxygen atoms in total. The Morgan fingerprint density at radius 1 is 0.455 bits per heavy atom. The number of ether oxygens (including phenoxy) is 9. The van der Waals surface area contributed by atoms with Gasteiger partial charge in [-0.3, -0.25) is 9.59 Å². The van der Waals surface area contributed by atoms with Gasteiger partial charge < -0.3 is 47.7 Å². The lowest BCUT2D eigenvalue weighted by atomic mass is 10.5. The van der Waals surface area contributed by atoms with Gasteiger partial charge in [-0.1, -0.05) is 0 Å². The number of esters is 1.